The van der Waals surface area contributed by atoms with Gasteiger partial charge in [0.2, 0.25) is 10.0 Å². The second-order valence-electron chi connectivity index (χ2n) is 4.31. The predicted octanol–water partition coefficient (Wildman–Crippen LogP) is 1.11. The molecule has 0 atom stereocenters. The number of H-pyrrole nitrogens is 1. The molecule has 0 saturated carbocycles. The fourth-order valence-corrected chi connectivity index (χ4v) is 3.32. The number of aromatic amines is 1. The average Bonchev–Trinajstić information content (AvgIpc) is 2.95. The van der Waals surface area contributed by atoms with Crippen LogP contribution in [0.1, 0.15) is 18.2 Å². The van der Waals surface area contributed by atoms with Crippen molar-refractivity contribution in [1.29, 1.82) is 0 Å². The van der Waals surface area contributed by atoms with Crippen molar-refractivity contribution in [3.8, 4) is 0 Å². The summed E-state index contributed by atoms with van der Waals surface area (Å²) < 4.78 is 26.4. The van der Waals surface area contributed by atoms with Gasteiger partial charge in [-0.15, -0.1) is 0 Å². The summed E-state index contributed by atoms with van der Waals surface area (Å²) in [5.74, 6) is 0. The lowest BCUT2D eigenvalue weighted by Gasteiger charge is -2.19. The van der Waals surface area contributed by atoms with Gasteiger partial charge in [-0.25, -0.2) is 8.42 Å². The Morgan fingerprint density at radius 2 is 2.05 bits per heavy atom. The second kappa shape index (κ2) is 6.17. The lowest BCUT2D eigenvalue weighted by atomic mass is 10.3. The first-order chi connectivity index (χ1) is 9.57. The van der Waals surface area contributed by atoms with Crippen molar-refractivity contribution in [1.82, 2.24) is 14.3 Å². The van der Waals surface area contributed by atoms with Crippen molar-refractivity contribution in [3.63, 3.8) is 0 Å². The van der Waals surface area contributed by atoms with Gasteiger partial charge >= 0.3 is 0 Å². The number of rotatable bonds is 6. The smallest absolute Gasteiger partial charge is 0.244 e. The average molecular weight is 295 g/mol. The first-order valence-electron chi connectivity index (χ1n) is 6.25. The van der Waals surface area contributed by atoms with Crippen LogP contribution < -0.4 is 0 Å². The lowest BCUT2D eigenvalue weighted by Crippen LogP contribution is -2.30. The van der Waals surface area contributed by atoms with Crippen LogP contribution in [0.15, 0.2) is 41.7 Å². The summed E-state index contributed by atoms with van der Waals surface area (Å²) in [5, 5.41) is 9.00. The summed E-state index contributed by atoms with van der Waals surface area (Å²) in [4.78, 5) is 6.82. The van der Waals surface area contributed by atoms with E-state index in [-0.39, 0.29) is 11.5 Å². The number of nitrogens with zero attached hydrogens (tertiary/aromatic N) is 2. The molecule has 0 aliphatic carbocycles. The number of nitrogens with one attached hydrogen (secondary N) is 1. The van der Waals surface area contributed by atoms with E-state index >= 15 is 0 Å². The quantitative estimate of drug-likeness (QED) is 0.836. The van der Waals surface area contributed by atoms with Crippen molar-refractivity contribution in [2.45, 2.75) is 25.0 Å². The molecule has 6 nitrogen and oxygen atoms in total. The summed E-state index contributed by atoms with van der Waals surface area (Å²) in [6, 6.07) is 5.02. The van der Waals surface area contributed by atoms with Gasteiger partial charge in [0.25, 0.3) is 0 Å². The molecular formula is C13H17N3O3S. The van der Waals surface area contributed by atoms with E-state index in [9.17, 15) is 8.42 Å². The normalized spacial score (nSPS) is 11.9. The van der Waals surface area contributed by atoms with Crippen molar-refractivity contribution < 1.29 is 13.5 Å². The number of sulfonamides is 1. The van der Waals surface area contributed by atoms with Gasteiger partial charge in [-0.05, 0) is 23.8 Å². The molecule has 2 rings (SSSR count). The molecule has 7 heteroatoms. The maximum absolute atomic E-state index is 12.5. The summed E-state index contributed by atoms with van der Waals surface area (Å²) in [6.45, 7) is 2.23. The second-order valence-corrected chi connectivity index (χ2v) is 6.24. The van der Waals surface area contributed by atoms with Gasteiger partial charge in [0.05, 0.1) is 11.5 Å². The highest BCUT2D eigenvalue weighted by molar-refractivity contribution is 7.89. The zero-order valence-corrected chi connectivity index (χ0v) is 12.0. The first kappa shape index (κ1) is 14.7. The molecule has 0 unspecified atom stereocenters. The molecule has 2 N–H and O–H groups in total. The highest BCUT2D eigenvalue weighted by atomic mass is 32.2. The molecule has 0 saturated heterocycles. The predicted molar refractivity (Wildman–Crippen MR) is 74.2 cm³/mol. The zero-order valence-electron chi connectivity index (χ0n) is 11.2. The number of hydrogen-bond donors (Lipinski definition) is 2. The number of aliphatic hydroxyl groups excluding tert-OH is 1. The Kier molecular flexibility index (Phi) is 4.53. The van der Waals surface area contributed by atoms with E-state index in [1.807, 2.05) is 0 Å². The Morgan fingerprint density at radius 3 is 2.60 bits per heavy atom. The Balaban J connectivity index is 2.25. The molecule has 2 aromatic heterocycles. The first-order valence-corrected chi connectivity index (χ1v) is 7.69. The van der Waals surface area contributed by atoms with Crippen LogP contribution in [-0.4, -0.2) is 34.3 Å². The Labute approximate surface area is 118 Å². The fraction of sp³-hybridized carbons (Fsp3) is 0.308. The highest BCUT2D eigenvalue weighted by Crippen LogP contribution is 2.19. The minimum Gasteiger partial charge on any atom is -0.390 e. The van der Waals surface area contributed by atoms with Crippen molar-refractivity contribution in [3.05, 3.63) is 48.0 Å². The van der Waals surface area contributed by atoms with Crippen molar-refractivity contribution >= 4 is 10.0 Å². The largest absolute Gasteiger partial charge is 0.390 e. The molecule has 2 aromatic rings. The van der Waals surface area contributed by atoms with Crippen molar-refractivity contribution in [2.24, 2.45) is 0 Å². The molecule has 0 aliphatic rings. The molecule has 0 aliphatic heterocycles. The maximum atomic E-state index is 12.5. The summed E-state index contributed by atoms with van der Waals surface area (Å²) in [5.41, 5.74) is 1.35. The summed E-state index contributed by atoms with van der Waals surface area (Å²) in [6.07, 6.45) is 4.67. The number of aromatic nitrogens is 2. The van der Waals surface area contributed by atoms with E-state index in [1.165, 1.54) is 16.6 Å². The molecule has 108 valence electrons. The SMILES string of the molecule is CCN(Cc1ccncc1)S(=O)(=O)c1c[nH]c(CO)c1. The Bertz CT molecular complexity index is 653. The minimum absolute atomic E-state index is 0.164. The van der Waals surface area contributed by atoms with Gasteiger partial charge in [-0.3, -0.25) is 4.98 Å². The van der Waals surface area contributed by atoms with E-state index in [2.05, 4.69) is 9.97 Å². The molecule has 0 spiro atoms. The highest BCUT2D eigenvalue weighted by Gasteiger charge is 2.24. The number of aliphatic hydroxyl groups is 1. The van der Waals surface area contributed by atoms with Gasteiger partial charge in [0.15, 0.2) is 0 Å². The third kappa shape index (κ3) is 3.06. The third-order valence-corrected chi connectivity index (χ3v) is 4.88. The molecular weight excluding hydrogens is 278 g/mol. The molecule has 0 aromatic carbocycles. The fourth-order valence-electron chi connectivity index (χ4n) is 1.87. The van der Waals surface area contributed by atoms with Crippen LogP contribution in [0.25, 0.3) is 0 Å². The lowest BCUT2D eigenvalue weighted by molar-refractivity contribution is 0.277. The van der Waals surface area contributed by atoms with Gasteiger partial charge in [0, 0.05) is 37.4 Å². The van der Waals surface area contributed by atoms with E-state index in [1.54, 1.807) is 31.5 Å². The van der Waals surface area contributed by atoms with E-state index in [4.69, 9.17) is 5.11 Å². The molecule has 20 heavy (non-hydrogen) atoms. The molecule has 0 amide bonds. The standard InChI is InChI=1S/C13H17N3O3S/c1-2-16(9-11-3-5-14-6-4-11)20(18,19)13-7-12(10-17)15-8-13/h3-8,15,17H,2,9-10H2,1H3. The van der Waals surface area contributed by atoms with Gasteiger partial charge in [0.1, 0.15) is 0 Å². The molecule has 2 heterocycles. The summed E-state index contributed by atoms with van der Waals surface area (Å²) >= 11 is 0. The van der Waals surface area contributed by atoms with Crippen LogP contribution >= 0.6 is 0 Å². The topological polar surface area (TPSA) is 86.3 Å². The van der Waals surface area contributed by atoms with Crippen molar-refractivity contribution in [2.75, 3.05) is 6.54 Å². The van der Waals surface area contributed by atoms with Gasteiger partial charge in [-0.2, -0.15) is 4.31 Å². The zero-order chi connectivity index (χ0) is 14.6. The molecule has 0 fully saturated rings. The molecule has 0 bridgehead atoms. The van der Waals surface area contributed by atoms with Gasteiger partial charge in [-0.1, -0.05) is 6.92 Å². The monoisotopic (exact) mass is 295 g/mol. The molecule has 0 radical (unpaired) electrons. The number of pyridine rings is 1. The Morgan fingerprint density at radius 1 is 1.35 bits per heavy atom. The van der Waals surface area contributed by atoms with Crippen LogP contribution in [0.4, 0.5) is 0 Å². The van der Waals surface area contributed by atoms with Crippen LogP contribution in [0.2, 0.25) is 0 Å². The third-order valence-electron chi connectivity index (χ3n) is 2.99. The van der Waals surface area contributed by atoms with E-state index in [0.717, 1.165) is 5.56 Å². The number of hydrogen-bond acceptors (Lipinski definition) is 4. The van der Waals surface area contributed by atoms with Crippen LogP contribution in [-0.2, 0) is 23.2 Å². The van der Waals surface area contributed by atoms with E-state index in [0.29, 0.717) is 18.8 Å². The Hall–Kier alpha value is -1.70. The van der Waals surface area contributed by atoms with Gasteiger partial charge < -0.3 is 10.1 Å². The minimum atomic E-state index is -3.57. The van der Waals surface area contributed by atoms with Crippen LogP contribution in [0.3, 0.4) is 0 Å². The summed E-state index contributed by atoms with van der Waals surface area (Å²) in [7, 11) is -3.57. The van der Waals surface area contributed by atoms with Crippen LogP contribution in [0, 0.1) is 0 Å². The van der Waals surface area contributed by atoms with Crippen LogP contribution in [0.5, 0.6) is 0 Å². The maximum Gasteiger partial charge on any atom is 0.244 e. The van der Waals surface area contributed by atoms with E-state index < -0.39 is 10.0 Å².